The normalized spacial score (nSPS) is 14.7. The zero-order chi connectivity index (χ0) is 20.0. The van der Waals surface area contributed by atoms with E-state index in [4.69, 9.17) is 16.1 Å². The van der Waals surface area contributed by atoms with Crippen LogP contribution in [0.3, 0.4) is 0 Å². The van der Waals surface area contributed by atoms with Crippen molar-refractivity contribution < 1.29 is 8.91 Å². The van der Waals surface area contributed by atoms with Gasteiger partial charge >= 0.3 is 0 Å². The van der Waals surface area contributed by atoms with Gasteiger partial charge in [0.25, 0.3) is 11.4 Å². The van der Waals surface area contributed by atoms with E-state index in [1.807, 2.05) is 0 Å². The minimum Gasteiger partial charge on any atom is -0.333 e. The summed E-state index contributed by atoms with van der Waals surface area (Å²) in [7, 11) is 0. The molecule has 4 heterocycles. The summed E-state index contributed by atoms with van der Waals surface area (Å²) in [6.07, 6.45) is 3.40. The molecular formula is C19H17Cl2FN6O2. The lowest BCUT2D eigenvalue weighted by Crippen LogP contribution is -2.28. The molecule has 0 aliphatic carbocycles. The number of rotatable bonds is 3. The third-order valence-corrected chi connectivity index (χ3v) is 5.43. The summed E-state index contributed by atoms with van der Waals surface area (Å²) in [5.41, 5.74) is 1.69. The maximum Gasteiger partial charge on any atom is 0.263 e. The first-order chi connectivity index (χ1) is 14.1. The lowest BCUT2D eigenvalue weighted by Gasteiger charge is -2.23. The van der Waals surface area contributed by atoms with Crippen molar-refractivity contribution in [1.82, 2.24) is 30.1 Å². The first-order valence-corrected chi connectivity index (χ1v) is 9.60. The Labute approximate surface area is 180 Å². The summed E-state index contributed by atoms with van der Waals surface area (Å²) in [4.78, 5) is 19.4. The standard InChI is InChI=1S/C19H16ClFN6O2.ClH/c20-13-3-1-2-11(16(13)21)17-25-19(29-26-17)12-9-23-27-14(8-15(28)24-18(12)27)10-4-6-22-7-5-10;/h1-3,8-10,22H,4-7H2,(H,24,28);1H. The highest BCUT2D eigenvalue weighted by molar-refractivity contribution is 6.31. The van der Waals surface area contributed by atoms with Crippen LogP contribution < -0.4 is 10.9 Å². The highest BCUT2D eigenvalue weighted by atomic mass is 35.5. The van der Waals surface area contributed by atoms with E-state index in [1.165, 1.54) is 12.1 Å². The molecule has 0 radical (unpaired) electrons. The highest BCUT2D eigenvalue weighted by Crippen LogP contribution is 2.30. The number of H-pyrrole nitrogens is 1. The average molecular weight is 451 g/mol. The molecule has 0 spiro atoms. The Hall–Kier alpha value is -2.75. The molecule has 8 nitrogen and oxygen atoms in total. The minimum atomic E-state index is -0.622. The molecule has 2 N–H and O–H groups in total. The third-order valence-electron chi connectivity index (χ3n) is 5.14. The molecule has 1 aromatic carbocycles. The molecule has 156 valence electrons. The topological polar surface area (TPSA) is 101 Å². The van der Waals surface area contributed by atoms with Gasteiger partial charge in [0.15, 0.2) is 5.82 Å². The predicted molar refractivity (Wildman–Crippen MR) is 112 cm³/mol. The maximum absolute atomic E-state index is 14.3. The molecule has 30 heavy (non-hydrogen) atoms. The number of nitrogens with zero attached hydrogens (tertiary/aromatic N) is 4. The Morgan fingerprint density at radius 3 is 2.83 bits per heavy atom. The first-order valence-electron chi connectivity index (χ1n) is 9.22. The molecule has 0 amide bonds. The largest absolute Gasteiger partial charge is 0.333 e. The van der Waals surface area contributed by atoms with Crippen molar-refractivity contribution in [3.8, 4) is 22.8 Å². The Bertz CT molecular complexity index is 1260. The summed E-state index contributed by atoms with van der Waals surface area (Å²) in [6, 6.07) is 6.15. The van der Waals surface area contributed by atoms with Crippen molar-refractivity contribution in [2.45, 2.75) is 18.8 Å². The van der Waals surface area contributed by atoms with Crippen molar-refractivity contribution in [3.63, 3.8) is 0 Å². The Balaban J connectivity index is 0.00000218. The summed E-state index contributed by atoms with van der Waals surface area (Å²) >= 11 is 5.84. The zero-order valence-electron chi connectivity index (χ0n) is 15.6. The molecule has 11 heteroatoms. The van der Waals surface area contributed by atoms with Crippen molar-refractivity contribution in [2.24, 2.45) is 0 Å². The fraction of sp³-hybridized carbons (Fsp3) is 0.263. The minimum absolute atomic E-state index is 0. The van der Waals surface area contributed by atoms with Gasteiger partial charge < -0.3 is 14.8 Å². The molecule has 0 unspecified atom stereocenters. The van der Waals surface area contributed by atoms with Crippen LogP contribution >= 0.6 is 24.0 Å². The van der Waals surface area contributed by atoms with E-state index in [-0.39, 0.29) is 46.2 Å². The molecule has 0 bridgehead atoms. The zero-order valence-corrected chi connectivity index (χ0v) is 17.1. The van der Waals surface area contributed by atoms with Crippen molar-refractivity contribution >= 4 is 29.7 Å². The number of fused-ring (bicyclic) bond motifs is 1. The van der Waals surface area contributed by atoms with Crippen LogP contribution in [0.2, 0.25) is 5.02 Å². The summed E-state index contributed by atoms with van der Waals surface area (Å²) < 4.78 is 21.3. The van der Waals surface area contributed by atoms with Gasteiger partial charge in [0.2, 0.25) is 5.82 Å². The van der Waals surface area contributed by atoms with E-state index in [0.717, 1.165) is 31.6 Å². The van der Waals surface area contributed by atoms with Gasteiger partial charge in [0.05, 0.1) is 22.5 Å². The smallest absolute Gasteiger partial charge is 0.263 e. The fourth-order valence-corrected chi connectivity index (χ4v) is 3.87. The van der Waals surface area contributed by atoms with Crippen LogP contribution in [-0.2, 0) is 0 Å². The van der Waals surface area contributed by atoms with Gasteiger partial charge in [-0.05, 0) is 38.1 Å². The van der Waals surface area contributed by atoms with Crippen LogP contribution in [0.1, 0.15) is 24.5 Å². The summed E-state index contributed by atoms with van der Waals surface area (Å²) in [5.74, 6) is -0.195. The van der Waals surface area contributed by atoms with Crippen LogP contribution in [0, 0.1) is 5.82 Å². The van der Waals surface area contributed by atoms with E-state index in [2.05, 4.69) is 25.5 Å². The Morgan fingerprint density at radius 2 is 2.03 bits per heavy atom. The lowest BCUT2D eigenvalue weighted by atomic mass is 9.94. The van der Waals surface area contributed by atoms with E-state index in [0.29, 0.717) is 11.2 Å². The molecule has 1 aliphatic heterocycles. The number of benzene rings is 1. The second-order valence-corrected chi connectivity index (χ2v) is 7.33. The number of halogens is 3. The van der Waals surface area contributed by atoms with Gasteiger partial charge in [-0.1, -0.05) is 22.8 Å². The molecule has 0 atom stereocenters. The third kappa shape index (κ3) is 3.49. The second-order valence-electron chi connectivity index (χ2n) is 6.93. The molecule has 0 saturated carbocycles. The van der Waals surface area contributed by atoms with Crippen LogP contribution in [0.15, 0.2) is 39.8 Å². The number of hydrogen-bond donors (Lipinski definition) is 2. The molecule has 3 aromatic heterocycles. The molecule has 1 aliphatic rings. The van der Waals surface area contributed by atoms with Gasteiger partial charge in [-0.25, -0.2) is 8.91 Å². The number of aromatic amines is 1. The van der Waals surface area contributed by atoms with Crippen LogP contribution in [0.25, 0.3) is 28.5 Å². The number of piperidine rings is 1. The molecule has 5 rings (SSSR count). The van der Waals surface area contributed by atoms with Gasteiger partial charge in [0.1, 0.15) is 11.2 Å². The second kappa shape index (κ2) is 8.17. The average Bonchev–Trinajstić information content (AvgIpc) is 3.37. The number of hydrogen-bond acceptors (Lipinski definition) is 6. The van der Waals surface area contributed by atoms with Crippen LogP contribution in [0.5, 0.6) is 0 Å². The van der Waals surface area contributed by atoms with Gasteiger partial charge in [0, 0.05) is 12.0 Å². The van der Waals surface area contributed by atoms with E-state index >= 15 is 0 Å². The monoisotopic (exact) mass is 450 g/mol. The highest BCUT2D eigenvalue weighted by Gasteiger charge is 2.23. The van der Waals surface area contributed by atoms with Gasteiger partial charge in [-0.2, -0.15) is 10.1 Å². The SMILES string of the molecule is Cl.O=c1cc(C2CCNCC2)n2ncc(-c3nc(-c4cccc(Cl)c4F)no3)c2[nH]1. The van der Waals surface area contributed by atoms with Crippen molar-refractivity contribution in [2.75, 3.05) is 13.1 Å². The number of nitrogens with one attached hydrogen (secondary N) is 2. The van der Waals surface area contributed by atoms with E-state index in [1.54, 1.807) is 22.8 Å². The summed E-state index contributed by atoms with van der Waals surface area (Å²) in [6.45, 7) is 1.79. The van der Waals surface area contributed by atoms with Gasteiger partial charge in [-0.15, -0.1) is 12.4 Å². The quantitative estimate of drug-likeness (QED) is 0.495. The predicted octanol–water partition coefficient (Wildman–Crippen LogP) is 3.42. The van der Waals surface area contributed by atoms with E-state index in [9.17, 15) is 9.18 Å². The van der Waals surface area contributed by atoms with Crippen LogP contribution in [0.4, 0.5) is 4.39 Å². The number of aromatic nitrogens is 5. The molecular weight excluding hydrogens is 434 g/mol. The van der Waals surface area contributed by atoms with Crippen LogP contribution in [-0.4, -0.2) is 37.8 Å². The Kier molecular flexibility index (Phi) is 5.59. The van der Waals surface area contributed by atoms with Crippen molar-refractivity contribution in [1.29, 1.82) is 0 Å². The first kappa shape index (κ1) is 20.5. The summed E-state index contributed by atoms with van der Waals surface area (Å²) in [5, 5.41) is 11.6. The molecule has 4 aromatic rings. The molecule has 1 saturated heterocycles. The maximum atomic E-state index is 14.3. The van der Waals surface area contributed by atoms with E-state index < -0.39 is 5.82 Å². The van der Waals surface area contributed by atoms with Crippen molar-refractivity contribution in [3.05, 3.63) is 57.3 Å². The fourth-order valence-electron chi connectivity index (χ4n) is 3.70. The van der Waals surface area contributed by atoms with Gasteiger partial charge in [-0.3, -0.25) is 4.79 Å². The molecule has 1 fully saturated rings. The lowest BCUT2D eigenvalue weighted by molar-refractivity contribution is 0.432. The Morgan fingerprint density at radius 1 is 1.23 bits per heavy atom.